The Morgan fingerprint density at radius 3 is 2.22 bits per heavy atom. The van der Waals surface area contributed by atoms with Gasteiger partial charge in [0.2, 0.25) is 0 Å². The molecule has 2 aromatic rings. The standard InChI is InChI=1S/C19H21F2NO4S/c1-3-5-6-22-16-9-13(19(23)24)10-17(27(25,26)4-2)18(16)12-7-14(20)11-15(21)8-12/h7-11,22H,3-6H2,1-2H3,(H,23,24). The molecule has 5 nitrogen and oxygen atoms in total. The molecule has 0 amide bonds. The van der Waals surface area contributed by atoms with Crippen molar-refractivity contribution < 1.29 is 27.1 Å². The molecule has 0 unspecified atom stereocenters. The van der Waals surface area contributed by atoms with E-state index >= 15 is 0 Å². The van der Waals surface area contributed by atoms with Crippen molar-refractivity contribution in [2.45, 2.75) is 31.6 Å². The summed E-state index contributed by atoms with van der Waals surface area (Å²) in [5.41, 5.74) is 0.0776. The third-order valence-electron chi connectivity index (χ3n) is 4.06. The van der Waals surface area contributed by atoms with E-state index in [-0.39, 0.29) is 33.0 Å². The first-order valence-corrected chi connectivity index (χ1v) is 10.2. The highest BCUT2D eigenvalue weighted by atomic mass is 32.2. The lowest BCUT2D eigenvalue weighted by Crippen LogP contribution is -2.12. The zero-order chi connectivity index (χ0) is 20.2. The second-order valence-corrected chi connectivity index (χ2v) is 8.29. The van der Waals surface area contributed by atoms with Crippen molar-refractivity contribution in [2.24, 2.45) is 0 Å². The zero-order valence-electron chi connectivity index (χ0n) is 15.1. The first-order valence-electron chi connectivity index (χ1n) is 8.54. The van der Waals surface area contributed by atoms with E-state index in [2.05, 4.69) is 5.32 Å². The van der Waals surface area contributed by atoms with Crippen molar-refractivity contribution in [3.05, 3.63) is 47.5 Å². The van der Waals surface area contributed by atoms with Crippen LogP contribution in [0.5, 0.6) is 0 Å². The first kappa shape index (κ1) is 20.8. The zero-order valence-corrected chi connectivity index (χ0v) is 15.9. The molecular weight excluding hydrogens is 376 g/mol. The third kappa shape index (κ3) is 4.82. The SMILES string of the molecule is CCCCNc1cc(C(=O)O)cc(S(=O)(=O)CC)c1-c1cc(F)cc(F)c1. The fourth-order valence-electron chi connectivity index (χ4n) is 2.67. The maximum atomic E-state index is 13.8. The lowest BCUT2D eigenvalue weighted by Gasteiger charge is -2.18. The van der Waals surface area contributed by atoms with Crippen molar-refractivity contribution in [2.75, 3.05) is 17.6 Å². The minimum absolute atomic E-state index is 0.0236. The molecule has 8 heteroatoms. The van der Waals surface area contributed by atoms with Gasteiger partial charge in [0.05, 0.1) is 16.2 Å². The van der Waals surface area contributed by atoms with E-state index in [4.69, 9.17) is 0 Å². The molecule has 2 rings (SSSR count). The van der Waals surface area contributed by atoms with Crippen LogP contribution in [-0.4, -0.2) is 31.8 Å². The van der Waals surface area contributed by atoms with Gasteiger partial charge in [0.1, 0.15) is 11.6 Å². The van der Waals surface area contributed by atoms with E-state index in [1.54, 1.807) is 0 Å². The summed E-state index contributed by atoms with van der Waals surface area (Å²) in [7, 11) is -3.86. The number of benzene rings is 2. The Bertz CT molecular complexity index is 938. The Kier molecular flexibility index (Phi) is 6.54. The van der Waals surface area contributed by atoms with E-state index < -0.39 is 27.4 Å². The second kappa shape index (κ2) is 8.47. The molecular formula is C19H21F2NO4S. The van der Waals surface area contributed by atoms with E-state index in [1.807, 2.05) is 6.92 Å². The number of carbonyl (C=O) groups is 1. The summed E-state index contributed by atoms with van der Waals surface area (Å²) in [5.74, 6) is -3.29. The molecule has 0 heterocycles. The van der Waals surface area contributed by atoms with Gasteiger partial charge in [-0.25, -0.2) is 22.0 Å². The Hall–Kier alpha value is -2.48. The average molecular weight is 397 g/mol. The van der Waals surface area contributed by atoms with Crippen LogP contribution < -0.4 is 5.32 Å². The molecule has 0 bridgehead atoms. The summed E-state index contributed by atoms with van der Waals surface area (Å²) in [6.07, 6.45) is 1.61. The van der Waals surface area contributed by atoms with Gasteiger partial charge < -0.3 is 10.4 Å². The minimum Gasteiger partial charge on any atom is -0.478 e. The van der Waals surface area contributed by atoms with Crippen molar-refractivity contribution in [3.8, 4) is 11.1 Å². The van der Waals surface area contributed by atoms with Crippen LogP contribution in [0.1, 0.15) is 37.0 Å². The smallest absolute Gasteiger partial charge is 0.335 e. The third-order valence-corrected chi connectivity index (χ3v) is 5.81. The molecule has 0 spiro atoms. The largest absolute Gasteiger partial charge is 0.478 e. The lowest BCUT2D eigenvalue weighted by atomic mass is 10.0. The number of hydrogen-bond donors (Lipinski definition) is 2. The average Bonchev–Trinajstić information content (AvgIpc) is 2.60. The van der Waals surface area contributed by atoms with E-state index in [1.165, 1.54) is 13.0 Å². The number of rotatable bonds is 8. The van der Waals surface area contributed by atoms with Crippen molar-refractivity contribution in [1.82, 2.24) is 0 Å². The monoisotopic (exact) mass is 397 g/mol. The molecule has 2 N–H and O–H groups in total. The molecule has 0 radical (unpaired) electrons. The molecule has 0 aliphatic carbocycles. The van der Waals surface area contributed by atoms with Gasteiger partial charge in [-0.1, -0.05) is 20.3 Å². The quantitative estimate of drug-likeness (QED) is 0.648. The van der Waals surface area contributed by atoms with Gasteiger partial charge in [-0.05, 0) is 36.2 Å². The molecule has 2 aromatic carbocycles. The van der Waals surface area contributed by atoms with Gasteiger partial charge in [0, 0.05) is 23.9 Å². The van der Waals surface area contributed by atoms with Crippen LogP contribution in [0.25, 0.3) is 11.1 Å². The van der Waals surface area contributed by atoms with Gasteiger partial charge in [-0.15, -0.1) is 0 Å². The number of aromatic carboxylic acids is 1. The topological polar surface area (TPSA) is 83.5 Å². The summed E-state index contributed by atoms with van der Waals surface area (Å²) in [6.45, 7) is 3.84. The fraction of sp³-hybridized carbons (Fsp3) is 0.316. The molecule has 0 fully saturated rings. The van der Waals surface area contributed by atoms with Crippen molar-refractivity contribution in [3.63, 3.8) is 0 Å². The molecule has 146 valence electrons. The molecule has 0 atom stereocenters. The van der Waals surface area contributed by atoms with Gasteiger partial charge in [-0.3, -0.25) is 0 Å². The lowest BCUT2D eigenvalue weighted by molar-refractivity contribution is 0.0696. The first-order chi connectivity index (χ1) is 12.7. The van der Waals surface area contributed by atoms with Crippen LogP contribution in [0.3, 0.4) is 0 Å². The predicted molar refractivity (Wildman–Crippen MR) is 99.9 cm³/mol. The summed E-state index contributed by atoms with van der Waals surface area (Å²) >= 11 is 0. The Labute approximate surface area is 157 Å². The molecule has 27 heavy (non-hydrogen) atoms. The summed E-state index contributed by atoms with van der Waals surface area (Å²) in [6, 6.07) is 5.06. The number of anilines is 1. The van der Waals surface area contributed by atoms with Crippen LogP contribution in [0.4, 0.5) is 14.5 Å². The van der Waals surface area contributed by atoms with Crippen LogP contribution in [0, 0.1) is 11.6 Å². The number of carboxylic acid groups (broad SMARTS) is 1. The van der Waals surface area contributed by atoms with E-state index in [0.29, 0.717) is 12.6 Å². The molecule has 0 aliphatic heterocycles. The molecule has 0 saturated heterocycles. The maximum Gasteiger partial charge on any atom is 0.335 e. The number of unbranched alkanes of at least 4 members (excludes halogenated alkanes) is 1. The Balaban J connectivity index is 2.84. The predicted octanol–water partition coefficient (Wildman–Crippen LogP) is 4.34. The highest BCUT2D eigenvalue weighted by molar-refractivity contribution is 7.91. The van der Waals surface area contributed by atoms with Gasteiger partial charge >= 0.3 is 5.97 Å². The Morgan fingerprint density at radius 2 is 1.70 bits per heavy atom. The van der Waals surface area contributed by atoms with E-state index in [0.717, 1.165) is 31.0 Å². The number of sulfone groups is 1. The van der Waals surface area contributed by atoms with Crippen LogP contribution in [0.15, 0.2) is 35.2 Å². The van der Waals surface area contributed by atoms with E-state index in [9.17, 15) is 27.1 Å². The second-order valence-electron chi connectivity index (χ2n) is 6.04. The van der Waals surface area contributed by atoms with Crippen LogP contribution in [0.2, 0.25) is 0 Å². The molecule has 0 aromatic heterocycles. The van der Waals surface area contributed by atoms with Gasteiger partial charge in [0.25, 0.3) is 0 Å². The minimum atomic E-state index is -3.86. The Morgan fingerprint density at radius 1 is 1.07 bits per heavy atom. The molecule has 0 saturated carbocycles. The molecule has 0 aliphatic rings. The highest BCUT2D eigenvalue weighted by Crippen LogP contribution is 2.37. The van der Waals surface area contributed by atoms with Crippen molar-refractivity contribution in [1.29, 1.82) is 0 Å². The number of halogens is 2. The summed E-state index contributed by atoms with van der Waals surface area (Å²) in [5, 5.41) is 12.4. The summed E-state index contributed by atoms with van der Waals surface area (Å²) < 4.78 is 52.8. The normalized spacial score (nSPS) is 11.4. The number of carboxylic acids is 1. The maximum absolute atomic E-state index is 13.8. The van der Waals surface area contributed by atoms with Gasteiger partial charge in [0.15, 0.2) is 9.84 Å². The van der Waals surface area contributed by atoms with Crippen LogP contribution in [-0.2, 0) is 9.84 Å². The highest BCUT2D eigenvalue weighted by Gasteiger charge is 2.24. The van der Waals surface area contributed by atoms with Gasteiger partial charge in [-0.2, -0.15) is 0 Å². The van der Waals surface area contributed by atoms with Crippen molar-refractivity contribution >= 4 is 21.5 Å². The summed E-state index contributed by atoms with van der Waals surface area (Å²) in [4.78, 5) is 11.2. The number of hydrogen-bond acceptors (Lipinski definition) is 4. The fourth-order valence-corrected chi connectivity index (χ4v) is 3.83. The van der Waals surface area contributed by atoms with Crippen LogP contribution >= 0.6 is 0 Å². The number of nitrogens with one attached hydrogen (secondary N) is 1.